The van der Waals surface area contributed by atoms with Crippen LogP contribution in [0.25, 0.3) is 10.2 Å². The summed E-state index contributed by atoms with van der Waals surface area (Å²) in [5.74, 6) is 0.158. The Morgan fingerprint density at radius 2 is 1.96 bits per heavy atom. The van der Waals surface area contributed by atoms with Crippen molar-refractivity contribution in [2.24, 2.45) is 0 Å². The second kappa shape index (κ2) is 9.02. The van der Waals surface area contributed by atoms with Gasteiger partial charge in [0.1, 0.15) is 0 Å². The van der Waals surface area contributed by atoms with E-state index in [0.717, 1.165) is 20.3 Å². The Bertz CT molecular complexity index is 896. The molecule has 0 fully saturated rings. The predicted octanol–water partition coefficient (Wildman–Crippen LogP) is 4.28. The molecule has 26 heavy (non-hydrogen) atoms. The van der Waals surface area contributed by atoms with E-state index in [2.05, 4.69) is 15.8 Å². The van der Waals surface area contributed by atoms with Gasteiger partial charge in [-0.15, -0.1) is 11.3 Å². The monoisotopic (exact) mass is 405 g/mol. The van der Waals surface area contributed by atoms with Gasteiger partial charge in [-0.3, -0.25) is 20.4 Å². The number of nitrogens with one attached hydrogen (secondary N) is 2. The Labute approximate surface area is 164 Å². The largest absolute Gasteiger partial charge is 0.273 e. The minimum Gasteiger partial charge on any atom is -0.273 e. The maximum absolute atomic E-state index is 11.9. The molecule has 0 saturated carbocycles. The van der Waals surface area contributed by atoms with E-state index >= 15 is 0 Å². The van der Waals surface area contributed by atoms with Crippen molar-refractivity contribution in [3.8, 4) is 0 Å². The van der Waals surface area contributed by atoms with Gasteiger partial charge in [-0.25, -0.2) is 4.98 Å². The molecular weight excluding hydrogens is 390 g/mol. The van der Waals surface area contributed by atoms with Crippen LogP contribution in [-0.4, -0.2) is 22.6 Å². The second-order valence-electron chi connectivity index (χ2n) is 5.41. The molecule has 0 radical (unpaired) electrons. The van der Waals surface area contributed by atoms with Crippen molar-refractivity contribution in [1.82, 2.24) is 15.8 Å². The third kappa shape index (κ3) is 5.20. The first-order valence-corrected chi connectivity index (χ1v) is 10.1. The van der Waals surface area contributed by atoms with Crippen LogP contribution in [0.4, 0.5) is 0 Å². The Kier molecular flexibility index (Phi) is 6.49. The van der Waals surface area contributed by atoms with E-state index in [-0.39, 0.29) is 5.91 Å². The number of hydrazine groups is 1. The smallest absolute Gasteiger partial charge is 0.269 e. The van der Waals surface area contributed by atoms with Gasteiger partial charge in [0.2, 0.25) is 5.91 Å². The number of halogens is 1. The van der Waals surface area contributed by atoms with Crippen LogP contribution in [0.5, 0.6) is 0 Å². The first-order chi connectivity index (χ1) is 12.6. The maximum atomic E-state index is 11.9. The lowest BCUT2D eigenvalue weighted by molar-refractivity contribution is -0.121. The third-order valence-corrected chi connectivity index (χ3v) is 5.95. The van der Waals surface area contributed by atoms with Crippen molar-refractivity contribution in [2.45, 2.75) is 17.2 Å². The minimum absolute atomic E-state index is 0.231. The van der Waals surface area contributed by atoms with E-state index in [9.17, 15) is 9.59 Å². The molecule has 134 valence electrons. The van der Waals surface area contributed by atoms with Crippen molar-refractivity contribution in [2.75, 3.05) is 5.75 Å². The van der Waals surface area contributed by atoms with Crippen molar-refractivity contribution in [1.29, 1.82) is 0 Å². The summed E-state index contributed by atoms with van der Waals surface area (Å²) in [5.41, 5.74) is 6.20. The summed E-state index contributed by atoms with van der Waals surface area (Å²) < 4.78 is 2.16. The number of hydrogen-bond acceptors (Lipinski definition) is 5. The van der Waals surface area contributed by atoms with Gasteiger partial charge in [-0.05, 0) is 36.8 Å². The van der Waals surface area contributed by atoms with E-state index in [1.54, 1.807) is 41.3 Å². The maximum Gasteiger partial charge on any atom is 0.269 e. The fourth-order valence-electron chi connectivity index (χ4n) is 2.20. The zero-order valence-corrected chi connectivity index (χ0v) is 16.1. The molecule has 1 aromatic heterocycles. The highest BCUT2D eigenvalue weighted by molar-refractivity contribution is 8.01. The van der Waals surface area contributed by atoms with Crippen LogP contribution in [0.2, 0.25) is 5.02 Å². The minimum atomic E-state index is -0.398. The number of carbonyl (C=O) groups is 2. The standard InChI is InChI=1S/C18H16ClN3O2S2/c19-13-6-3-5-12(11-13)17(24)22-21-16(23)9-4-10-25-18-20-14-7-1-2-8-15(14)26-18/h1-3,5-8,11H,4,9-10H2,(H,21,23)(H,22,24). The van der Waals surface area contributed by atoms with Crippen molar-refractivity contribution in [3.63, 3.8) is 0 Å². The van der Waals surface area contributed by atoms with Gasteiger partial charge < -0.3 is 0 Å². The summed E-state index contributed by atoms with van der Waals surface area (Å²) in [6.07, 6.45) is 1.02. The molecule has 0 saturated heterocycles. The molecular formula is C18H16ClN3O2S2. The normalized spacial score (nSPS) is 10.7. The Hall–Kier alpha value is -2.09. The number of para-hydroxylation sites is 1. The first kappa shape index (κ1) is 18.7. The topological polar surface area (TPSA) is 71.1 Å². The van der Waals surface area contributed by atoms with Gasteiger partial charge in [0.05, 0.1) is 10.2 Å². The molecule has 0 aliphatic heterocycles. The van der Waals surface area contributed by atoms with Crippen LogP contribution in [0, 0.1) is 0 Å². The summed E-state index contributed by atoms with van der Waals surface area (Å²) in [4.78, 5) is 28.3. The summed E-state index contributed by atoms with van der Waals surface area (Å²) >= 11 is 9.13. The van der Waals surface area contributed by atoms with E-state index < -0.39 is 5.91 Å². The Morgan fingerprint density at radius 3 is 2.77 bits per heavy atom. The summed E-state index contributed by atoms with van der Waals surface area (Å²) in [7, 11) is 0. The molecule has 8 heteroatoms. The number of carbonyl (C=O) groups excluding carboxylic acids is 2. The average molecular weight is 406 g/mol. The summed E-state index contributed by atoms with van der Waals surface area (Å²) in [6, 6.07) is 14.5. The highest BCUT2D eigenvalue weighted by atomic mass is 35.5. The molecule has 0 bridgehead atoms. The number of amides is 2. The summed E-state index contributed by atoms with van der Waals surface area (Å²) in [5, 5.41) is 0.468. The second-order valence-corrected chi connectivity index (χ2v) is 8.22. The predicted molar refractivity (Wildman–Crippen MR) is 107 cm³/mol. The molecule has 0 aliphatic carbocycles. The number of benzene rings is 2. The molecule has 1 heterocycles. The van der Waals surface area contributed by atoms with E-state index in [1.165, 1.54) is 6.07 Å². The molecule has 3 rings (SSSR count). The van der Waals surface area contributed by atoms with Gasteiger partial charge in [0.15, 0.2) is 4.34 Å². The molecule has 2 N–H and O–H groups in total. The third-order valence-electron chi connectivity index (χ3n) is 3.45. The number of thiazole rings is 1. The SMILES string of the molecule is O=C(CCCSc1nc2ccccc2s1)NNC(=O)c1cccc(Cl)c1. The number of thioether (sulfide) groups is 1. The lowest BCUT2D eigenvalue weighted by Gasteiger charge is -2.07. The number of nitrogens with zero attached hydrogens (tertiary/aromatic N) is 1. The van der Waals surface area contributed by atoms with Gasteiger partial charge in [-0.1, -0.05) is 41.6 Å². The van der Waals surface area contributed by atoms with Crippen molar-refractivity contribution in [3.05, 3.63) is 59.1 Å². The zero-order chi connectivity index (χ0) is 18.4. The van der Waals surface area contributed by atoms with Crippen LogP contribution in [0.15, 0.2) is 52.9 Å². The first-order valence-electron chi connectivity index (χ1n) is 7.95. The lowest BCUT2D eigenvalue weighted by Crippen LogP contribution is -2.41. The molecule has 0 atom stereocenters. The fourth-order valence-corrected chi connectivity index (χ4v) is 4.46. The molecule has 5 nitrogen and oxygen atoms in total. The number of fused-ring (bicyclic) bond motifs is 1. The van der Waals surface area contributed by atoms with Crippen LogP contribution >= 0.6 is 34.7 Å². The zero-order valence-electron chi connectivity index (χ0n) is 13.7. The van der Waals surface area contributed by atoms with E-state index in [1.807, 2.05) is 24.3 Å². The quantitative estimate of drug-likeness (QED) is 0.364. The van der Waals surface area contributed by atoms with E-state index in [4.69, 9.17) is 11.6 Å². The van der Waals surface area contributed by atoms with Crippen LogP contribution < -0.4 is 10.9 Å². The van der Waals surface area contributed by atoms with Crippen molar-refractivity contribution >= 4 is 56.7 Å². The number of hydrogen-bond donors (Lipinski definition) is 2. The molecule has 0 spiro atoms. The summed E-state index contributed by atoms with van der Waals surface area (Å²) in [6.45, 7) is 0. The number of rotatable bonds is 6. The van der Waals surface area contributed by atoms with Gasteiger partial charge in [0, 0.05) is 22.8 Å². The molecule has 0 unspecified atom stereocenters. The van der Waals surface area contributed by atoms with Crippen LogP contribution in [0.1, 0.15) is 23.2 Å². The number of aromatic nitrogens is 1. The van der Waals surface area contributed by atoms with Gasteiger partial charge >= 0.3 is 0 Å². The van der Waals surface area contributed by atoms with Crippen molar-refractivity contribution < 1.29 is 9.59 Å². The van der Waals surface area contributed by atoms with Gasteiger partial charge in [0.25, 0.3) is 5.91 Å². The van der Waals surface area contributed by atoms with Crippen LogP contribution in [0.3, 0.4) is 0 Å². The molecule has 3 aromatic rings. The Balaban J connectivity index is 1.37. The molecule has 2 amide bonds. The van der Waals surface area contributed by atoms with Crippen LogP contribution in [-0.2, 0) is 4.79 Å². The Morgan fingerprint density at radius 1 is 1.12 bits per heavy atom. The molecule has 2 aromatic carbocycles. The fraction of sp³-hybridized carbons (Fsp3) is 0.167. The highest BCUT2D eigenvalue weighted by Crippen LogP contribution is 2.29. The van der Waals surface area contributed by atoms with Gasteiger partial charge in [-0.2, -0.15) is 0 Å². The molecule has 0 aliphatic rings. The average Bonchev–Trinajstić information content (AvgIpc) is 3.06. The van der Waals surface area contributed by atoms with E-state index in [0.29, 0.717) is 23.4 Å². The highest BCUT2D eigenvalue weighted by Gasteiger charge is 2.08. The lowest BCUT2D eigenvalue weighted by atomic mass is 10.2.